The molecule has 1 aromatic heterocycles. The predicted octanol–water partition coefficient (Wildman–Crippen LogP) is 2.90. The summed E-state index contributed by atoms with van der Waals surface area (Å²) in [5, 5.41) is 2.83. The summed E-state index contributed by atoms with van der Waals surface area (Å²) in [6.07, 6.45) is 1.49. The zero-order chi connectivity index (χ0) is 20.8. The van der Waals surface area contributed by atoms with Gasteiger partial charge < -0.3 is 19.9 Å². The number of ether oxygens (including phenoxy) is 1. The van der Waals surface area contributed by atoms with Crippen LogP contribution in [0.3, 0.4) is 0 Å². The Morgan fingerprint density at radius 1 is 1.14 bits per heavy atom. The first-order valence-electron chi connectivity index (χ1n) is 10.0. The van der Waals surface area contributed by atoms with Crippen LogP contribution in [-0.4, -0.2) is 65.4 Å². The van der Waals surface area contributed by atoms with Crippen molar-refractivity contribution in [3.05, 3.63) is 53.9 Å². The highest BCUT2D eigenvalue weighted by atomic mass is 16.5. The second kappa shape index (κ2) is 9.52. The number of carbonyl (C=O) groups excluding carboxylic acids is 2. The van der Waals surface area contributed by atoms with Gasteiger partial charge in [-0.2, -0.15) is 0 Å². The Balaban J connectivity index is 1.71. The van der Waals surface area contributed by atoms with Crippen LogP contribution in [0.4, 0.5) is 5.69 Å². The number of carbonyl (C=O) groups is 2. The molecule has 29 heavy (non-hydrogen) atoms. The number of anilines is 1. The van der Waals surface area contributed by atoms with Crippen molar-refractivity contribution in [2.45, 2.75) is 26.9 Å². The van der Waals surface area contributed by atoms with Crippen molar-refractivity contribution in [1.82, 2.24) is 14.8 Å². The summed E-state index contributed by atoms with van der Waals surface area (Å²) in [4.78, 5) is 33.8. The molecule has 1 saturated heterocycles. The lowest BCUT2D eigenvalue weighted by molar-refractivity contribution is 0.0643. The number of rotatable bonds is 6. The number of nitrogens with zero attached hydrogens (tertiary/aromatic N) is 3. The Morgan fingerprint density at radius 2 is 1.86 bits per heavy atom. The monoisotopic (exact) mass is 396 g/mol. The number of piperazine rings is 1. The Hall–Kier alpha value is -2.93. The quantitative estimate of drug-likeness (QED) is 0.813. The van der Waals surface area contributed by atoms with Gasteiger partial charge in [0.05, 0.1) is 11.8 Å². The van der Waals surface area contributed by atoms with Crippen molar-refractivity contribution in [3.8, 4) is 5.75 Å². The molecular formula is C22H28N4O3. The van der Waals surface area contributed by atoms with E-state index in [0.717, 1.165) is 19.6 Å². The van der Waals surface area contributed by atoms with Crippen molar-refractivity contribution in [2.75, 3.05) is 38.0 Å². The van der Waals surface area contributed by atoms with Crippen LogP contribution >= 0.6 is 0 Å². The zero-order valence-corrected chi connectivity index (χ0v) is 17.2. The van der Waals surface area contributed by atoms with Gasteiger partial charge >= 0.3 is 0 Å². The molecule has 0 saturated carbocycles. The number of aromatic nitrogens is 1. The summed E-state index contributed by atoms with van der Waals surface area (Å²) in [5.74, 6) is 0.146. The number of hydrogen-bond acceptors (Lipinski definition) is 5. The molecule has 0 unspecified atom stereocenters. The van der Waals surface area contributed by atoms with E-state index in [1.165, 1.54) is 6.20 Å². The van der Waals surface area contributed by atoms with Gasteiger partial charge in [-0.1, -0.05) is 19.1 Å². The third kappa shape index (κ3) is 5.32. The highest BCUT2D eigenvalue weighted by molar-refractivity contribution is 6.05. The fraction of sp³-hybridized carbons (Fsp3) is 0.409. The summed E-state index contributed by atoms with van der Waals surface area (Å²) < 4.78 is 5.74. The van der Waals surface area contributed by atoms with Crippen LogP contribution in [-0.2, 0) is 0 Å². The van der Waals surface area contributed by atoms with Crippen LogP contribution in [0.1, 0.15) is 41.6 Å². The fourth-order valence-electron chi connectivity index (χ4n) is 3.25. The molecule has 1 N–H and O–H groups in total. The van der Waals surface area contributed by atoms with E-state index in [-0.39, 0.29) is 23.6 Å². The maximum Gasteiger partial charge on any atom is 0.274 e. The van der Waals surface area contributed by atoms with E-state index >= 15 is 0 Å². The molecule has 0 spiro atoms. The number of hydrogen-bond donors (Lipinski definition) is 1. The van der Waals surface area contributed by atoms with E-state index in [0.29, 0.717) is 30.1 Å². The van der Waals surface area contributed by atoms with Crippen LogP contribution in [0.5, 0.6) is 5.75 Å². The minimum absolute atomic E-state index is 0.0136. The number of para-hydroxylation sites is 2. The maximum atomic E-state index is 12.8. The van der Waals surface area contributed by atoms with Crippen molar-refractivity contribution in [2.24, 2.45) is 0 Å². The smallest absolute Gasteiger partial charge is 0.274 e. The van der Waals surface area contributed by atoms with E-state index in [2.05, 4.69) is 22.1 Å². The van der Waals surface area contributed by atoms with Crippen LogP contribution < -0.4 is 10.1 Å². The molecule has 1 aromatic carbocycles. The molecule has 0 bridgehead atoms. The summed E-state index contributed by atoms with van der Waals surface area (Å²) in [6, 6.07) is 10.5. The van der Waals surface area contributed by atoms with Gasteiger partial charge in [0.1, 0.15) is 11.4 Å². The summed E-state index contributed by atoms with van der Waals surface area (Å²) >= 11 is 0. The van der Waals surface area contributed by atoms with Crippen molar-refractivity contribution in [3.63, 3.8) is 0 Å². The third-order valence-corrected chi connectivity index (χ3v) is 4.84. The van der Waals surface area contributed by atoms with Crippen LogP contribution in [0, 0.1) is 0 Å². The Labute approximate surface area is 171 Å². The highest BCUT2D eigenvalue weighted by Gasteiger charge is 2.22. The Morgan fingerprint density at radius 3 is 2.55 bits per heavy atom. The van der Waals surface area contributed by atoms with Gasteiger partial charge in [0.25, 0.3) is 11.8 Å². The van der Waals surface area contributed by atoms with Gasteiger partial charge in [-0.05, 0) is 44.7 Å². The Bertz CT molecular complexity index is 861. The first kappa shape index (κ1) is 20.8. The summed E-state index contributed by atoms with van der Waals surface area (Å²) in [6.45, 7) is 10.1. The van der Waals surface area contributed by atoms with Crippen LogP contribution in [0.25, 0.3) is 0 Å². The minimum atomic E-state index is -0.379. The van der Waals surface area contributed by atoms with E-state index in [4.69, 9.17) is 4.74 Å². The first-order valence-corrected chi connectivity index (χ1v) is 10.0. The number of nitrogens with one attached hydrogen (secondary N) is 1. The normalized spacial score (nSPS) is 14.7. The van der Waals surface area contributed by atoms with Gasteiger partial charge in [-0.3, -0.25) is 14.6 Å². The maximum absolute atomic E-state index is 12.8. The number of amides is 2. The fourth-order valence-corrected chi connectivity index (χ4v) is 3.25. The number of pyridine rings is 1. The van der Waals surface area contributed by atoms with Crippen molar-refractivity contribution < 1.29 is 14.3 Å². The van der Waals surface area contributed by atoms with Crippen molar-refractivity contribution in [1.29, 1.82) is 0 Å². The molecule has 1 aliphatic rings. The van der Waals surface area contributed by atoms with E-state index in [9.17, 15) is 9.59 Å². The molecule has 7 nitrogen and oxygen atoms in total. The van der Waals surface area contributed by atoms with E-state index in [1.54, 1.807) is 24.3 Å². The lowest BCUT2D eigenvalue weighted by Crippen LogP contribution is -2.48. The standard InChI is InChI=1S/C22H28N4O3/c1-4-25-11-13-26(14-12-25)22(28)17-9-10-23-19(15-17)21(27)24-18-7-5-6-8-20(18)29-16(2)3/h5-10,15-16H,4,11-14H2,1-3H3,(H,24,27). The van der Waals surface area contributed by atoms with Crippen molar-refractivity contribution >= 4 is 17.5 Å². The highest BCUT2D eigenvalue weighted by Crippen LogP contribution is 2.25. The molecule has 2 heterocycles. The van der Waals surface area contributed by atoms with E-state index < -0.39 is 0 Å². The van der Waals surface area contributed by atoms with Gasteiger partial charge in [0, 0.05) is 37.9 Å². The van der Waals surface area contributed by atoms with E-state index in [1.807, 2.05) is 30.9 Å². The zero-order valence-electron chi connectivity index (χ0n) is 17.2. The topological polar surface area (TPSA) is 74.8 Å². The summed E-state index contributed by atoms with van der Waals surface area (Å²) in [7, 11) is 0. The molecule has 3 rings (SSSR count). The molecule has 0 radical (unpaired) electrons. The van der Waals surface area contributed by atoms with Gasteiger partial charge in [0.15, 0.2) is 0 Å². The van der Waals surface area contributed by atoms with Gasteiger partial charge in [-0.25, -0.2) is 0 Å². The second-order valence-electron chi connectivity index (χ2n) is 7.27. The molecule has 0 atom stereocenters. The third-order valence-electron chi connectivity index (χ3n) is 4.84. The molecule has 1 aliphatic heterocycles. The first-order chi connectivity index (χ1) is 14.0. The molecule has 154 valence electrons. The lowest BCUT2D eigenvalue weighted by atomic mass is 10.1. The molecule has 2 amide bonds. The van der Waals surface area contributed by atoms with Crippen LogP contribution in [0.2, 0.25) is 0 Å². The largest absolute Gasteiger partial charge is 0.489 e. The molecule has 2 aromatic rings. The second-order valence-corrected chi connectivity index (χ2v) is 7.27. The molecule has 0 aliphatic carbocycles. The average molecular weight is 396 g/mol. The summed E-state index contributed by atoms with van der Waals surface area (Å²) in [5.41, 5.74) is 1.24. The Kier molecular flexibility index (Phi) is 6.82. The molecule has 7 heteroatoms. The minimum Gasteiger partial charge on any atom is -0.489 e. The predicted molar refractivity (Wildman–Crippen MR) is 112 cm³/mol. The van der Waals surface area contributed by atoms with Crippen LogP contribution in [0.15, 0.2) is 42.6 Å². The van der Waals surface area contributed by atoms with Gasteiger partial charge in [0.2, 0.25) is 0 Å². The average Bonchev–Trinajstić information content (AvgIpc) is 2.74. The number of likely N-dealkylation sites (N-methyl/N-ethyl adjacent to an activating group) is 1. The molecular weight excluding hydrogens is 368 g/mol. The molecule has 1 fully saturated rings. The SMILES string of the molecule is CCN1CCN(C(=O)c2ccnc(C(=O)Nc3ccccc3OC(C)C)c2)CC1. The lowest BCUT2D eigenvalue weighted by Gasteiger charge is -2.34. The number of benzene rings is 1. The van der Waals surface area contributed by atoms with Gasteiger partial charge in [-0.15, -0.1) is 0 Å².